The molecule has 0 saturated heterocycles. The average Bonchev–Trinajstić information content (AvgIpc) is 3.12. The van der Waals surface area contributed by atoms with E-state index in [1.165, 1.54) is 30.1 Å². The van der Waals surface area contributed by atoms with Crippen LogP contribution in [-0.2, 0) is 16.3 Å². The molecule has 1 N–H and O–H groups in total. The van der Waals surface area contributed by atoms with Crippen molar-refractivity contribution >= 4 is 17.4 Å². The van der Waals surface area contributed by atoms with Gasteiger partial charge in [-0.3, -0.25) is 4.79 Å². The van der Waals surface area contributed by atoms with Crippen molar-refractivity contribution in [1.29, 1.82) is 0 Å². The number of hydrogen-bond acceptors (Lipinski definition) is 6. The fraction of sp³-hybridized carbons (Fsp3) is 0.462. The number of amides is 1. The first-order valence-corrected chi connectivity index (χ1v) is 7.25. The summed E-state index contributed by atoms with van der Waals surface area (Å²) in [4.78, 5) is 22.3. The maximum atomic E-state index is 12.2. The van der Waals surface area contributed by atoms with Crippen molar-refractivity contribution in [3.63, 3.8) is 0 Å². The van der Waals surface area contributed by atoms with E-state index in [9.17, 15) is 28.1 Å². The lowest BCUT2D eigenvalue weighted by atomic mass is 10.3. The lowest BCUT2D eigenvalue weighted by Gasteiger charge is -2.10. The molecule has 0 aliphatic heterocycles. The van der Waals surface area contributed by atoms with Crippen molar-refractivity contribution in [2.75, 3.05) is 11.9 Å². The van der Waals surface area contributed by atoms with Crippen LogP contribution in [0.2, 0.25) is 0 Å². The number of carbonyl (C=O) groups excluding carboxylic acids is 1. The van der Waals surface area contributed by atoms with E-state index < -0.39 is 36.4 Å². The molecule has 1 amide bonds. The summed E-state index contributed by atoms with van der Waals surface area (Å²) in [6, 6.07) is 0.383. The van der Waals surface area contributed by atoms with E-state index in [-0.39, 0.29) is 11.5 Å². The normalized spacial score (nSPS) is 12.8. The topological polar surface area (TPSA) is 117 Å². The van der Waals surface area contributed by atoms with Gasteiger partial charge < -0.3 is 20.2 Å². The van der Waals surface area contributed by atoms with Crippen LogP contribution in [0, 0.1) is 17.0 Å². The minimum absolute atomic E-state index is 0.233. The molecule has 0 aliphatic carbocycles. The lowest BCUT2D eigenvalue weighted by molar-refractivity contribution is -0.389. The molecule has 0 spiro atoms. The predicted molar refractivity (Wildman–Crippen MR) is 81.2 cm³/mol. The third-order valence-electron chi connectivity index (χ3n) is 3.23. The summed E-state index contributed by atoms with van der Waals surface area (Å²) < 4.78 is 42.7. The van der Waals surface area contributed by atoms with Gasteiger partial charge in [0.15, 0.2) is 0 Å². The van der Waals surface area contributed by atoms with Crippen molar-refractivity contribution in [3.8, 4) is 0 Å². The second kappa shape index (κ2) is 7.51. The first kappa shape index (κ1) is 19.4. The van der Waals surface area contributed by atoms with Gasteiger partial charge in [0.05, 0.1) is 34.9 Å². The largest absolute Gasteiger partial charge is 0.411 e. The number of anilines is 1. The number of rotatable bonds is 7. The number of carbonyl (C=O) groups is 1. The van der Waals surface area contributed by atoms with Gasteiger partial charge in [-0.25, -0.2) is 4.68 Å². The number of aromatic nitrogens is 4. The monoisotopic (exact) mass is 376 g/mol. The van der Waals surface area contributed by atoms with Crippen molar-refractivity contribution < 1.29 is 27.6 Å². The number of hydrogen-bond donors (Lipinski definition) is 1. The van der Waals surface area contributed by atoms with Crippen molar-refractivity contribution in [2.24, 2.45) is 0 Å². The van der Waals surface area contributed by atoms with E-state index in [4.69, 9.17) is 0 Å². The van der Waals surface area contributed by atoms with E-state index in [2.05, 4.69) is 20.3 Å². The highest BCUT2D eigenvalue weighted by Gasteiger charge is 2.27. The summed E-state index contributed by atoms with van der Waals surface area (Å²) in [5.74, 6) is -0.904. The standard InChI is InChI=1S/C13H15F3N6O4/c1-8-3-11(22(24)25)19-21(8)9(2)12(23)18-10-4-17-20(5-10)7-26-6-13(14,15)16/h3-5,9H,6-7H2,1-2H3,(H,18,23). The van der Waals surface area contributed by atoms with Crippen LogP contribution in [0.5, 0.6) is 0 Å². The fourth-order valence-electron chi connectivity index (χ4n) is 2.06. The lowest BCUT2D eigenvalue weighted by Crippen LogP contribution is -2.25. The van der Waals surface area contributed by atoms with Crippen LogP contribution >= 0.6 is 0 Å². The Balaban J connectivity index is 1.96. The number of nitro groups is 1. The number of aryl methyl sites for hydroxylation is 1. The molecule has 2 aromatic heterocycles. The molecular weight excluding hydrogens is 361 g/mol. The Morgan fingerprint density at radius 2 is 2.19 bits per heavy atom. The number of halogens is 3. The second-order valence-electron chi connectivity index (χ2n) is 5.37. The summed E-state index contributed by atoms with van der Waals surface area (Å²) in [5, 5.41) is 20.8. The Labute approximate surface area is 144 Å². The van der Waals surface area contributed by atoms with Crippen LogP contribution in [-0.4, -0.2) is 43.2 Å². The maximum absolute atomic E-state index is 12.2. The van der Waals surface area contributed by atoms with E-state index in [1.807, 2.05) is 0 Å². The summed E-state index contributed by atoms with van der Waals surface area (Å²) in [6.07, 6.45) is -1.91. The summed E-state index contributed by atoms with van der Waals surface area (Å²) in [7, 11) is 0. The second-order valence-corrected chi connectivity index (χ2v) is 5.37. The Hall–Kier alpha value is -2.96. The maximum Gasteiger partial charge on any atom is 0.411 e. The quantitative estimate of drug-likeness (QED) is 0.584. The van der Waals surface area contributed by atoms with Gasteiger partial charge in [0.1, 0.15) is 19.4 Å². The molecule has 26 heavy (non-hydrogen) atoms. The zero-order chi connectivity index (χ0) is 19.5. The van der Waals surface area contributed by atoms with Crippen LogP contribution in [0.4, 0.5) is 24.7 Å². The highest BCUT2D eigenvalue weighted by Crippen LogP contribution is 2.18. The molecule has 2 aromatic rings. The third kappa shape index (κ3) is 5.02. The molecular formula is C13H15F3N6O4. The van der Waals surface area contributed by atoms with E-state index in [0.29, 0.717) is 5.69 Å². The van der Waals surface area contributed by atoms with Gasteiger partial charge in [-0.15, -0.1) is 0 Å². The molecule has 0 saturated carbocycles. The van der Waals surface area contributed by atoms with E-state index in [0.717, 1.165) is 4.68 Å². The molecule has 0 radical (unpaired) electrons. The number of ether oxygens (including phenoxy) is 1. The molecule has 0 aliphatic rings. The molecule has 142 valence electrons. The van der Waals surface area contributed by atoms with Crippen molar-refractivity contribution in [2.45, 2.75) is 32.8 Å². The van der Waals surface area contributed by atoms with Crippen molar-refractivity contribution in [1.82, 2.24) is 19.6 Å². The molecule has 0 fully saturated rings. The van der Waals surface area contributed by atoms with E-state index in [1.54, 1.807) is 6.92 Å². The van der Waals surface area contributed by atoms with Gasteiger partial charge >= 0.3 is 12.0 Å². The van der Waals surface area contributed by atoms with Gasteiger partial charge in [-0.1, -0.05) is 0 Å². The van der Waals surface area contributed by atoms with Crippen LogP contribution in [0.3, 0.4) is 0 Å². The molecule has 1 unspecified atom stereocenters. The zero-order valence-corrected chi connectivity index (χ0v) is 13.7. The minimum atomic E-state index is -4.44. The number of alkyl halides is 3. The summed E-state index contributed by atoms with van der Waals surface area (Å²) >= 11 is 0. The Morgan fingerprint density at radius 1 is 1.50 bits per heavy atom. The highest BCUT2D eigenvalue weighted by molar-refractivity contribution is 5.93. The minimum Gasteiger partial charge on any atom is -0.358 e. The average molecular weight is 376 g/mol. The van der Waals surface area contributed by atoms with Gasteiger partial charge in [-0.05, 0) is 18.8 Å². The first-order chi connectivity index (χ1) is 12.1. The number of nitrogens with one attached hydrogen (secondary N) is 1. The predicted octanol–water partition coefficient (Wildman–Crippen LogP) is 2.03. The molecule has 2 rings (SSSR count). The van der Waals surface area contributed by atoms with Crippen molar-refractivity contribution in [3.05, 3.63) is 34.3 Å². The number of nitrogens with zero attached hydrogens (tertiary/aromatic N) is 5. The Morgan fingerprint density at radius 3 is 2.77 bits per heavy atom. The molecule has 1 atom stereocenters. The van der Waals surface area contributed by atoms with Gasteiger partial charge in [0.25, 0.3) is 5.91 Å². The van der Waals surface area contributed by atoms with Crippen LogP contribution in [0.25, 0.3) is 0 Å². The van der Waals surface area contributed by atoms with Crippen LogP contribution < -0.4 is 5.32 Å². The molecule has 13 heteroatoms. The van der Waals surface area contributed by atoms with Crippen LogP contribution in [0.15, 0.2) is 18.5 Å². The zero-order valence-electron chi connectivity index (χ0n) is 13.7. The van der Waals surface area contributed by atoms with E-state index >= 15 is 0 Å². The van der Waals surface area contributed by atoms with Crippen LogP contribution in [0.1, 0.15) is 18.7 Å². The molecule has 10 nitrogen and oxygen atoms in total. The molecule has 2 heterocycles. The summed E-state index contributed by atoms with van der Waals surface area (Å²) in [5.41, 5.74) is 0.660. The fourth-order valence-corrected chi connectivity index (χ4v) is 2.06. The molecule has 0 bridgehead atoms. The first-order valence-electron chi connectivity index (χ1n) is 7.25. The summed E-state index contributed by atoms with van der Waals surface area (Å²) in [6.45, 7) is 1.22. The van der Waals surface area contributed by atoms with Gasteiger partial charge in [-0.2, -0.15) is 23.0 Å². The van der Waals surface area contributed by atoms with Gasteiger partial charge in [0, 0.05) is 0 Å². The smallest absolute Gasteiger partial charge is 0.358 e. The van der Waals surface area contributed by atoms with Gasteiger partial charge in [0.2, 0.25) is 0 Å². The Kier molecular flexibility index (Phi) is 5.59. The molecule has 0 aromatic carbocycles. The SMILES string of the molecule is Cc1cc([N+](=O)[O-])nn1C(C)C(=O)Nc1cnn(COCC(F)(F)F)c1. The highest BCUT2D eigenvalue weighted by atomic mass is 19.4. The third-order valence-corrected chi connectivity index (χ3v) is 3.23. The Bertz CT molecular complexity index is 800.